The maximum Gasteiger partial charge on any atom is 0.226 e. The number of aryl methyl sites for hydroxylation is 2. The number of pyridine rings is 1. The van der Waals surface area contributed by atoms with Gasteiger partial charge in [0.25, 0.3) is 0 Å². The molecule has 1 aliphatic heterocycles. The van der Waals surface area contributed by atoms with E-state index >= 15 is 0 Å². The van der Waals surface area contributed by atoms with Gasteiger partial charge in [0.15, 0.2) is 0 Å². The topological polar surface area (TPSA) is 51.2 Å². The monoisotopic (exact) mass is 398 g/mol. The molecule has 5 rings (SSSR count). The van der Waals surface area contributed by atoms with Crippen molar-refractivity contribution in [1.29, 1.82) is 0 Å². The number of aromatic nitrogens is 1. The van der Waals surface area contributed by atoms with Crippen molar-refractivity contribution in [3.05, 3.63) is 76.9 Å². The lowest BCUT2D eigenvalue weighted by molar-refractivity contribution is -0.136. The van der Waals surface area contributed by atoms with E-state index in [9.17, 15) is 4.79 Å². The van der Waals surface area contributed by atoms with Crippen LogP contribution in [0.3, 0.4) is 0 Å². The summed E-state index contributed by atoms with van der Waals surface area (Å²) in [6.45, 7) is 4.23. The predicted molar refractivity (Wildman–Crippen MR) is 118 cm³/mol. The van der Waals surface area contributed by atoms with E-state index in [0.29, 0.717) is 5.88 Å². The SMILES string of the molecule is CNC(=O)C1([C@H]2c3ccccc3Oc3nc(-c4ccc(C)c(C)c4)ccc32)CCC1. The van der Waals surface area contributed by atoms with E-state index < -0.39 is 5.41 Å². The number of hydrogen-bond acceptors (Lipinski definition) is 3. The smallest absolute Gasteiger partial charge is 0.226 e. The number of nitrogens with zero attached hydrogens (tertiary/aromatic N) is 1. The number of carbonyl (C=O) groups is 1. The van der Waals surface area contributed by atoms with Crippen molar-refractivity contribution in [1.82, 2.24) is 10.3 Å². The van der Waals surface area contributed by atoms with Gasteiger partial charge in [-0.25, -0.2) is 4.98 Å². The Hall–Kier alpha value is -3.14. The maximum atomic E-state index is 13.0. The van der Waals surface area contributed by atoms with E-state index in [4.69, 9.17) is 9.72 Å². The molecule has 1 saturated carbocycles. The highest BCUT2D eigenvalue weighted by Gasteiger charge is 2.53. The van der Waals surface area contributed by atoms with Gasteiger partial charge in [0, 0.05) is 29.7 Å². The molecule has 1 aliphatic carbocycles. The van der Waals surface area contributed by atoms with Gasteiger partial charge >= 0.3 is 0 Å². The zero-order valence-electron chi connectivity index (χ0n) is 17.7. The molecule has 0 spiro atoms. The first-order valence-corrected chi connectivity index (χ1v) is 10.6. The van der Waals surface area contributed by atoms with Gasteiger partial charge in [-0.1, -0.05) is 42.8 Å². The van der Waals surface area contributed by atoms with Gasteiger partial charge in [-0.2, -0.15) is 0 Å². The average molecular weight is 399 g/mol. The summed E-state index contributed by atoms with van der Waals surface area (Å²) >= 11 is 0. The number of rotatable bonds is 3. The van der Waals surface area contributed by atoms with Crippen LogP contribution in [0.5, 0.6) is 11.6 Å². The van der Waals surface area contributed by atoms with E-state index in [2.05, 4.69) is 55.6 Å². The molecule has 2 aliphatic rings. The number of para-hydroxylation sites is 1. The Bertz CT molecular complexity index is 1150. The van der Waals surface area contributed by atoms with Gasteiger partial charge in [0.05, 0.1) is 11.1 Å². The summed E-state index contributed by atoms with van der Waals surface area (Å²) in [6.07, 6.45) is 2.82. The molecule has 2 aromatic carbocycles. The second-order valence-electron chi connectivity index (χ2n) is 8.55. The number of amides is 1. The summed E-state index contributed by atoms with van der Waals surface area (Å²) in [7, 11) is 1.73. The molecule has 1 N–H and O–H groups in total. The van der Waals surface area contributed by atoms with Crippen molar-refractivity contribution >= 4 is 5.91 Å². The third-order valence-electron chi connectivity index (χ3n) is 6.92. The van der Waals surface area contributed by atoms with Crippen molar-refractivity contribution in [3.63, 3.8) is 0 Å². The number of hydrogen-bond donors (Lipinski definition) is 1. The van der Waals surface area contributed by atoms with Crippen molar-refractivity contribution in [2.24, 2.45) is 5.41 Å². The number of benzene rings is 2. The van der Waals surface area contributed by atoms with Crippen LogP contribution < -0.4 is 10.1 Å². The minimum atomic E-state index is -0.437. The molecular formula is C26H26N2O2. The van der Waals surface area contributed by atoms with Crippen molar-refractivity contribution in [3.8, 4) is 22.9 Å². The van der Waals surface area contributed by atoms with Gasteiger partial charge in [-0.05, 0) is 56.0 Å². The molecular weight excluding hydrogens is 372 g/mol. The highest BCUT2D eigenvalue weighted by Crippen LogP contribution is 2.59. The molecule has 30 heavy (non-hydrogen) atoms. The Morgan fingerprint density at radius 3 is 2.53 bits per heavy atom. The fourth-order valence-electron chi connectivity index (χ4n) is 4.95. The average Bonchev–Trinajstić information content (AvgIpc) is 2.73. The van der Waals surface area contributed by atoms with E-state index in [-0.39, 0.29) is 11.8 Å². The predicted octanol–water partition coefficient (Wildman–Crippen LogP) is 5.52. The standard InChI is InChI=1S/C26H26N2O2/c1-16-9-10-18(15-17(16)2)21-12-11-20-23(26(13-6-14-26)25(29)27-3)19-7-4-5-8-22(19)30-24(20)28-21/h4-5,7-12,15,23H,6,13-14H2,1-3H3,(H,27,29)/t23-/m0/s1. The molecule has 3 aromatic rings. The van der Waals surface area contributed by atoms with E-state index in [1.54, 1.807) is 7.05 Å². The van der Waals surface area contributed by atoms with Gasteiger partial charge in [0.1, 0.15) is 5.75 Å². The highest BCUT2D eigenvalue weighted by atomic mass is 16.5. The van der Waals surface area contributed by atoms with Crippen molar-refractivity contribution in [2.75, 3.05) is 7.05 Å². The minimum Gasteiger partial charge on any atom is -0.438 e. The lowest BCUT2D eigenvalue weighted by Gasteiger charge is -2.48. The third kappa shape index (κ3) is 2.74. The molecule has 2 heterocycles. The molecule has 152 valence electrons. The van der Waals surface area contributed by atoms with Crippen LogP contribution in [0.25, 0.3) is 11.3 Å². The van der Waals surface area contributed by atoms with Crippen LogP contribution in [0.15, 0.2) is 54.6 Å². The molecule has 1 atom stereocenters. The second kappa shape index (κ2) is 6.98. The summed E-state index contributed by atoms with van der Waals surface area (Å²) in [4.78, 5) is 17.9. The zero-order chi connectivity index (χ0) is 20.9. The summed E-state index contributed by atoms with van der Waals surface area (Å²) in [5.74, 6) is 1.48. The molecule has 1 aromatic heterocycles. The first-order valence-electron chi connectivity index (χ1n) is 10.6. The van der Waals surface area contributed by atoms with E-state index in [0.717, 1.165) is 47.4 Å². The number of ether oxygens (including phenoxy) is 1. The normalized spacial score (nSPS) is 18.4. The van der Waals surface area contributed by atoms with Crippen molar-refractivity contribution < 1.29 is 9.53 Å². The Kier molecular flexibility index (Phi) is 4.39. The molecule has 0 saturated heterocycles. The van der Waals surface area contributed by atoms with Crippen LogP contribution >= 0.6 is 0 Å². The fraction of sp³-hybridized carbons (Fsp3) is 0.308. The van der Waals surface area contributed by atoms with Crippen LogP contribution in [0.2, 0.25) is 0 Å². The Balaban J connectivity index is 1.66. The zero-order valence-corrected chi connectivity index (χ0v) is 17.7. The summed E-state index contributed by atoms with van der Waals surface area (Å²) in [5.41, 5.74) is 6.11. The molecule has 1 fully saturated rings. The van der Waals surface area contributed by atoms with Crippen LogP contribution in [0, 0.1) is 19.3 Å². The van der Waals surface area contributed by atoms with Crippen LogP contribution in [0.4, 0.5) is 0 Å². The molecule has 4 nitrogen and oxygen atoms in total. The lowest BCUT2D eigenvalue weighted by Crippen LogP contribution is -2.49. The Morgan fingerprint density at radius 2 is 1.83 bits per heavy atom. The fourth-order valence-corrected chi connectivity index (χ4v) is 4.95. The van der Waals surface area contributed by atoms with Crippen molar-refractivity contribution in [2.45, 2.75) is 39.0 Å². The first kappa shape index (κ1) is 18.9. The quantitative estimate of drug-likeness (QED) is 0.632. The summed E-state index contributed by atoms with van der Waals surface area (Å²) < 4.78 is 6.26. The molecule has 1 amide bonds. The number of nitrogens with one attached hydrogen (secondary N) is 1. The summed E-state index contributed by atoms with van der Waals surface area (Å²) in [5, 5.41) is 2.92. The molecule has 0 radical (unpaired) electrons. The van der Waals surface area contributed by atoms with E-state index in [1.165, 1.54) is 11.1 Å². The first-order chi connectivity index (χ1) is 14.5. The van der Waals surface area contributed by atoms with Crippen LogP contribution in [-0.4, -0.2) is 17.9 Å². The van der Waals surface area contributed by atoms with Crippen LogP contribution in [0.1, 0.15) is 47.4 Å². The largest absolute Gasteiger partial charge is 0.438 e. The Labute approximate surface area is 177 Å². The summed E-state index contributed by atoms with van der Waals surface area (Å²) in [6, 6.07) is 18.6. The lowest BCUT2D eigenvalue weighted by atomic mass is 9.56. The van der Waals surface area contributed by atoms with E-state index in [1.807, 2.05) is 18.2 Å². The van der Waals surface area contributed by atoms with Crippen LogP contribution in [-0.2, 0) is 4.79 Å². The maximum absolute atomic E-state index is 13.0. The third-order valence-corrected chi connectivity index (χ3v) is 6.92. The number of fused-ring (bicyclic) bond motifs is 2. The van der Waals surface area contributed by atoms with Gasteiger partial charge in [-0.3, -0.25) is 4.79 Å². The molecule has 0 bridgehead atoms. The molecule has 0 unspecified atom stereocenters. The van der Waals surface area contributed by atoms with Gasteiger partial charge in [0.2, 0.25) is 11.8 Å². The molecule has 4 heteroatoms. The highest BCUT2D eigenvalue weighted by molar-refractivity contribution is 5.86. The van der Waals surface area contributed by atoms with Gasteiger partial charge in [-0.15, -0.1) is 0 Å². The second-order valence-corrected chi connectivity index (χ2v) is 8.55. The number of carbonyl (C=O) groups excluding carboxylic acids is 1. The Morgan fingerprint density at radius 1 is 1.03 bits per heavy atom. The van der Waals surface area contributed by atoms with Gasteiger partial charge < -0.3 is 10.1 Å². The minimum absolute atomic E-state index is 0.0487.